The van der Waals surface area contributed by atoms with Crippen molar-refractivity contribution in [2.75, 3.05) is 19.0 Å². The molecule has 1 atom stereocenters. The second kappa shape index (κ2) is 9.38. The number of carbonyl (C=O) groups is 2. The highest BCUT2D eigenvalue weighted by Gasteiger charge is 2.22. The Hall–Kier alpha value is -4.08. The second-order valence-electron chi connectivity index (χ2n) is 7.40. The summed E-state index contributed by atoms with van der Waals surface area (Å²) in [5.41, 5.74) is 1.28. The highest BCUT2D eigenvalue weighted by atomic mass is 16.5. The minimum absolute atomic E-state index is 0.148. The van der Waals surface area contributed by atoms with Gasteiger partial charge in [0, 0.05) is 17.8 Å². The lowest BCUT2D eigenvalue weighted by Gasteiger charge is -2.15. The van der Waals surface area contributed by atoms with Crippen molar-refractivity contribution in [2.24, 2.45) is 0 Å². The van der Waals surface area contributed by atoms with Crippen LogP contribution in [0.15, 0.2) is 53.3 Å². The second-order valence-corrected chi connectivity index (χ2v) is 7.40. The molecule has 0 spiro atoms. The number of methoxy groups -OCH3 is 1. The number of hydrogen-bond acceptors (Lipinski definition) is 6. The molecule has 1 aliphatic heterocycles. The van der Waals surface area contributed by atoms with Crippen LogP contribution in [0.5, 0.6) is 5.75 Å². The number of nitrogens with zero attached hydrogens (tertiary/aromatic N) is 2. The van der Waals surface area contributed by atoms with Gasteiger partial charge in [-0.2, -0.15) is 4.68 Å². The fourth-order valence-electron chi connectivity index (χ4n) is 3.44. The monoisotopic (exact) mass is 436 g/mol. The number of aromatic nitrogens is 3. The zero-order chi connectivity index (χ0) is 22.5. The Kier molecular flexibility index (Phi) is 6.20. The number of amides is 2. The Morgan fingerprint density at radius 3 is 2.56 bits per heavy atom. The maximum Gasteiger partial charge on any atom is 0.349 e. The number of rotatable bonds is 6. The van der Waals surface area contributed by atoms with Crippen LogP contribution in [0.3, 0.4) is 0 Å². The SMILES string of the molecule is COc1ccc(-n2nc(Nc3ccc(C(=O)NC4CCCCNC4=O)cc3)[nH]c2=O)cc1. The fraction of sp³-hybridized carbons (Fsp3) is 0.273. The zero-order valence-corrected chi connectivity index (χ0v) is 17.6. The Morgan fingerprint density at radius 2 is 1.84 bits per heavy atom. The predicted octanol–water partition coefficient (Wildman–Crippen LogP) is 1.71. The van der Waals surface area contributed by atoms with Crippen molar-refractivity contribution >= 4 is 23.5 Å². The molecule has 4 rings (SSSR count). The molecule has 166 valence electrons. The Bertz CT molecular complexity index is 1150. The van der Waals surface area contributed by atoms with Crippen molar-refractivity contribution in [3.8, 4) is 11.4 Å². The van der Waals surface area contributed by atoms with Gasteiger partial charge in [-0.1, -0.05) is 0 Å². The van der Waals surface area contributed by atoms with E-state index in [2.05, 4.69) is 26.0 Å². The van der Waals surface area contributed by atoms with Crippen LogP contribution in [0.25, 0.3) is 5.69 Å². The fourth-order valence-corrected chi connectivity index (χ4v) is 3.44. The van der Waals surface area contributed by atoms with E-state index < -0.39 is 11.7 Å². The molecule has 1 aliphatic rings. The van der Waals surface area contributed by atoms with Crippen molar-refractivity contribution < 1.29 is 14.3 Å². The molecule has 10 heteroatoms. The molecule has 1 fully saturated rings. The summed E-state index contributed by atoms with van der Waals surface area (Å²) < 4.78 is 6.36. The molecule has 0 saturated carbocycles. The van der Waals surface area contributed by atoms with Gasteiger partial charge in [0.25, 0.3) is 5.91 Å². The Balaban J connectivity index is 1.42. The first-order chi connectivity index (χ1) is 15.5. The molecule has 2 amide bonds. The summed E-state index contributed by atoms with van der Waals surface area (Å²) in [5, 5.41) is 12.9. The van der Waals surface area contributed by atoms with E-state index in [0.717, 1.165) is 12.8 Å². The van der Waals surface area contributed by atoms with Gasteiger partial charge in [0.2, 0.25) is 11.9 Å². The van der Waals surface area contributed by atoms with Crippen LogP contribution in [0.1, 0.15) is 29.6 Å². The van der Waals surface area contributed by atoms with Gasteiger partial charge in [0.05, 0.1) is 12.8 Å². The average Bonchev–Trinajstić information content (AvgIpc) is 3.05. The van der Waals surface area contributed by atoms with Crippen LogP contribution >= 0.6 is 0 Å². The van der Waals surface area contributed by atoms with Crippen LogP contribution in [0.4, 0.5) is 11.6 Å². The van der Waals surface area contributed by atoms with Gasteiger partial charge < -0.3 is 20.7 Å². The predicted molar refractivity (Wildman–Crippen MR) is 119 cm³/mol. The normalized spacial score (nSPS) is 16.0. The van der Waals surface area contributed by atoms with Gasteiger partial charge in [-0.15, -0.1) is 5.10 Å². The van der Waals surface area contributed by atoms with Gasteiger partial charge in [-0.05, 0) is 67.8 Å². The lowest BCUT2D eigenvalue weighted by molar-refractivity contribution is -0.122. The van der Waals surface area contributed by atoms with E-state index >= 15 is 0 Å². The van der Waals surface area contributed by atoms with E-state index in [1.807, 2.05) is 0 Å². The molecule has 0 radical (unpaired) electrons. The molecule has 3 aromatic rings. The standard InChI is InChI=1S/C22H24N6O4/c1-32-17-11-9-16(10-12-17)28-22(31)26-21(27-28)24-15-7-5-14(6-8-15)19(29)25-18-4-2-3-13-23-20(18)30/h5-12,18H,2-4,13H2,1H3,(H,23,30)(H,25,29)(H2,24,26,27,31). The summed E-state index contributed by atoms with van der Waals surface area (Å²) in [6.45, 7) is 0.641. The molecular weight excluding hydrogens is 412 g/mol. The molecule has 2 aromatic carbocycles. The molecular formula is C22H24N6O4. The summed E-state index contributed by atoms with van der Waals surface area (Å²) in [6, 6.07) is 13.1. The van der Waals surface area contributed by atoms with Gasteiger partial charge in [-0.25, -0.2) is 4.79 Å². The quantitative estimate of drug-likeness (QED) is 0.465. The first kappa shape index (κ1) is 21.2. The molecule has 0 aliphatic carbocycles. The number of carbonyl (C=O) groups excluding carboxylic acids is 2. The maximum absolute atomic E-state index is 12.5. The number of nitrogens with one attached hydrogen (secondary N) is 4. The third-order valence-corrected chi connectivity index (χ3v) is 5.19. The number of H-pyrrole nitrogens is 1. The number of hydrogen-bond donors (Lipinski definition) is 4. The Morgan fingerprint density at radius 1 is 1.09 bits per heavy atom. The first-order valence-electron chi connectivity index (χ1n) is 10.3. The van der Waals surface area contributed by atoms with E-state index in [0.29, 0.717) is 35.7 Å². The van der Waals surface area contributed by atoms with Crippen molar-refractivity contribution in [1.29, 1.82) is 0 Å². The van der Waals surface area contributed by atoms with Crippen LogP contribution in [-0.2, 0) is 4.79 Å². The smallest absolute Gasteiger partial charge is 0.349 e. The van der Waals surface area contributed by atoms with E-state index in [4.69, 9.17) is 4.74 Å². The number of anilines is 2. The van der Waals surface area contributed by atoms with Gasteiger partial charge in [0.1, 0.15) is 11.8 Å². The molecule has 1 aromatic heterocycles. The summed E-state index contributed by atoms with van der Waals surface area (Å²) >= 11 is 0. The minimum atomic E-state index is -0.519. The summed E-state index contributed by atoms with van der Waals surface area (Å²) in [5.74, 6) is 0.485. The largest absolute Gasteiger partial charge is 0.497 e. The third kappa shape index (κ3) is 4.80. The maximum atomic E-state index is 12.5. The van der Waals surface area contributed by atoms with E-state index in [9.17, 15) is 14.4 Å². The van der Waals surface area contributed by atoms with Gasteiger partial charge in [0.15, 0.2) is 0 Å². The van der Waals surface area contributed by atoms with Gasteiger partial charge >= 0.3 is 5.69 Å². The van der Waals surface area contributed by atoms with Crippen LogP contribution in [0.2, 0.25) is 0 Å². The zero-order valence-electron chi connectivity index (χ0n) is 17.6. The molecule has 1 saturated heterocycles. The van der Waals surface area contributed by atoms with Crippen molar-refractivity contribution in [3.63, 3.8) is 0 Å². The molecule has 10 nitrogen and oxygen atoms in total. The van der Waals surface area contributed by atoms with Gasteiger partial charge in [-0.3, -0.25) is 14.6 Å². The lowest BCUT2D eigenvalue weighted by Crippen LogP contribution is -2.45. The molecule has 32 heavy (non-hydrogen) atoms. The minimum Gasteiger partial charge on any atom is -0.497 e. The number of ether oxygens (including phenoxy) is 1. The summed E-state index contributed by atoms with van der Waals surface area (Å²) in [4.78, 5) is 39.4. The van der Waals surface area contributed by atoms with Crippen molar-refractivity contribution in [1.82, 2.24) is 25.4 Å². The number of benzene rings is 2. The highest BCUT2D eigenvalue weighted by Crippen LogP contribution is 2.16. The molecule has 1 unspecified atom stereocenters. The first-order valence-corrected chi connectivity index (χ1v) is 10.3. The van der Waals surface area contributed by atoms with Crippen LogP contribution < -0.4 is 26.4 Å². The lowest BCUT2D eigenvalue weighted by atomic mass is 10.1. The highest BCUT2D eigenvalue weighted by molar-refractivity contribution is 5.97. The summed E-state index contributed by atoms with van der Waals surface area (Å²) in [6.07, 6.45) is 2.42. The van der Waals surface area contributed by atoms with Crippen molar-refractivity contribution in [3.05, 3.63) is 64.6 Å². The molecule has 2 heterocycles. The van der Waals surface area contributed by atoms with E-state index in [1.54, 1.807) is 55.6 Å². The van der Waals surface area contributed by atoms with E-state index in [-0.39, 0.29) is 17.8 Å². The topological polar surface area (TPSA) is 130 Å². The molecule has 0 bridgehead atoms. The Labute approximate surface area is 184 Å². The van der Waals surface area contributed by atoms with Crippen molar-refractivity contribution in [2.45, 2.75) is 25.3 Å². The number of aromatic amines is 1. The molecule has 4 N–H and O–H groups in total. The van der Waals surface area contributed by atoms with Crippen LogP contribution in [0, 0.1) is 0 Å². The average molecular weight is 436 g/mol. The van der Waals surface area contributed by atoms with E-state index in [1.165, 1.54) is 4.68 Å². The third-order valence-electron chi connectivity index (χ3n) is 5.19. The van der Waals surface area contributed by atoms with Crippen LogP contribution in [-0.4, -0.2) is 46.3 Å². The summed E-state index contributed by atoms with van der Waals surface area (Å²) in [7, 11) is 1.57.